The fourth-order valence-electron chi connectivity index (χ4n) is 2.35. The van der Waals surface area contributed by atoms with Crippen LogP contribution >= 0.6 is 0 Å². The van der Waals surface area contributed by atoms with E-state index in [4.69, 9.17) is 0 Å². The highest BCUT2D eigenvalue weighted by atomic mass is 32.2. The van der Waals surface area contributed by atoms with E-state index in [0.29, 0.717) is 4.90 Å². The predicted molar refractivity (Wildman–Crippen MR) is 62.1 cm³/mol. The monoisotopic (exact) mass is 240 g/mol. The van der Waals surface area contributed by atoms with Gasteiger partial charge >= 0.3 is 0 Å². The lowest BCUT2D eigenvalue weighted by atomic mass is 9.89. The van der Waals surface area contributed by atoms with Gasteiger partial charge in [-0.25, -0.2) is 8.42 Å². The Balaban J connectivity index is 2.66. The number of hydrogen-bond donors (Lipinski definition) is 1. The Morgan fingerprint density at radius 3 is 2.56 bits per heavy atom. The van der Waals surface area contributed by atoms with Gasteiger partial charge in [0, 0.05) is 5.92 Å². The van der Waals surface area contributed by atoms with Crippen molar-refractivity contribution in [2.75, 3.05) is 5.75 Å². The molecule has 0 spiro atoms. The van der Waals surface area contributed by atoms with Gasteiger partial charge < -0.3 is 5.11 Å². The Morgan fingerprint density at radius 2 is 1.88 bits per heavy atom. The normalized spacial score (nSPS) is 32.8. The van der Waals surface area contributed by atoms with Crippen LogP contribution in [0.5, 0.6) is 0 Å². The van der Waals surface area contributed by atoms with Gasteiger partial charge in [0.05, 0.1) is 16.8 Å². The van der Waals surface area contributed by atoms with Crippen molar-refractivity contribution in [3.63, 3.8) is 0 Å². The summed E-state index contributed by atoms with van der Waals surface area (Å²) in [4.78, 5) is 0.380. The summed E-state index contributed by atoms with van der Waals surface area (Å²) in [5.74, 6) is -0.342. The molecule has 3 atom stereocenters. The Kier molecular flexibility index (Phi) is 2.80. The molecule has 0 bridgehead atoms. The molecule has 0 unspecified atom stereocenters. The molecule has 3 nitrogen and oxygen atoms in total. The number of benzene rings is 1. The first-order valence-electron chi connectivity index (χ1n) is 5.43. The zero-order chi connectivity index (χ0) is 11.9. The van der Waals surface area contributed by atoms with Gasteiger partial charge in [0.1, 0.15) is 0 Å². The smallest absolute Gasteiger partial charge is 0.179 e. The summed E-state index contributed by atoms with van der Waals surface area (Å²) in [6.45, 7) is 3.66. The van der Waals surface area contributed by atoms with Gasteiger partial charge in [0.15, 0.2) is 9.84 Å². The van der Waals surface area contributed by atoms with Crippen molar-refractivity contribution in [2.45, 2.75) is 30.8 Å². The molecular weight excluding hydrogens is 224 g/mol. The lowest BCUT2D eigenvalue weighted by molar-refractivity contribution is 0.104. The van der Waals surface area contributed by atoms with Gasteiger partial charge in [-0.15, -0.1) is 0 Å². The van der Waals surface area contributed by atoms with Gasteiger partial charge in [-0.2, -0.15) is 0 Å². The minimum atomic E-state index is -3.25. The average Bonchev–Trinajstić information content (AvgIpc) is 2.31. The molecule has 1 aromatic rings. The highest BCUT2D eigenvalue weighted by molar-refractivity contribution is 7.91. The van der Waals surface area contributed by atoms with Crippen molar-refractivity contribution in [3.05, 3.63) is 29.8 Å². The van der Waals surface area contributed by atoms with Crippen LogP contribution in [-0.4, -0.2) is 25.4 Å². The maximum absolute atomic E-state index is 12.1. The van der Waals surface area contributed by atoms with Crippen molar-refractivity contribution in [1.82, 2.24) is 0 Å². The molecule has 1 heterocycles. The van der Waals surface area contributed by atoms with Crippen LogP contribution in [0.1, 0.15) is 25.3 Å². The molecule has 1 N–H and O–H groups in total. The van der Waals surface area contributed by atoms with E-state index in [1.165, 1.54) is 0 Å². The molecule has 0 saturated carbocycles. The molecule has 0 fully saturated rings. The maximum atomic E-state index is 12.1. The second-order valence-corrected chi connectivity index (χ2v) is 6.58. The Bertz CT molecular complexity index is 493. The standard InChI is InChI=1S/C12H16O3S/c1-8-7-16(14,15)11-6-4-3-5-10(11)9(2)12(8)13/h3-6,8-9,12-13H,7H2,1-2H3/t8-,9-,12+/m1/s1. The van der Waals surface area contributed by atoms with Crippen LogP contribution in [0.3, 0.4) is 0 Å². The van der Waals surface area contributed by atoms with Gasteiger partial charge in [0.25, 0.3) is 0 Å². The number of hydrogen-bond acceptors (Lipinski definition) is 3. The van der Waals surface area contributed by atoms with Crippen LogP contribution in [-0.2, 0) is 9.84 Å². The van der Waals surface area contributed by atoms with Gasteiger partial charge in [-0.3, -0.25) is 0 Å². The third kappa shape index (κ3) is 1.76. The van der Waals surface area contributed by atoms with E-state index in [1.54, 1.807) is 25.1 Å². The quantitative estimate of drug-likeness (QED) is 0.749. The van der Waals surface area contributed by atoms with E-state index in [1.807, 2.05) is 13.0 Å². The van der Waals surface area contributed by atoms with Crippen molar-refractivity contribution in [1.29, 1.82) is 0 Å². The minimum absolute atomic E-state index is 0.0233. The number of rotatable bonds is 0. The molecule has 0 aliphatic carbocycles. The third-order valence-corrected chi connectivity index (χ3v) is 5.33. The van der Waals surface area contributed by atoms with Crippen molar-refractivity contribution >= 4 is 9.84 Å². The van der Waals surface area contributed by atoms with Crippen LogP contribution in [0, 0.1) is 5.92 Å². The first kappa shape index (κ1) is 11.6. The van der Waals surface area contributed by atoms with E-state index < -0.39 is 15.9 Å². The third-order valence-electron chi connectivity index (χ3n) is 3.32. The molecule has 1 aliphatic rings. The number of aliphatic hydroxyl groups is 1. The summed E-state index contributed by atoms with van der Waals surface area (Å²) in [5, 5.41) is 10.0. The number of aliphatic hydroxyl groups excluding tert-OH is 1. The van der Waals surface area contributed by atoms with Crippen LogP contribution in [0.2, 0.25) is 0 Å². The largest absolute Gasteiger partial charge is 0.392 e. The number of sulfone groups is 1. The van der Waals surface area contributed by atoms with E-state index >= 15 is 0 Å². The Morgan fingerprint density at radius 1 is 1.25 bits per heavy atom. The maximum Gasteiger partial charge on any atom is 0.179 e. The predicted octanol–water partition coefficient (Wildman–Crippen LogP) is 1.57. The summed E-state index contributed by atoms with van der Waals surface area (Å²) in [6.07, 6.45) is -0.599. The second-order valence-electron chi connectivity index (χ2n) is 4.58. The summed E-state index contributed by atoms with van der Waals surface area (Å²) in [5.41, 5.74) is 0.736. The van der Waals surface area contributed by atoms with E-state index in [-0.39, 0.29) is 17.6 Å². The van der Waals surface area contributed by atoms with Crippen molar-refractivity contribution < 1.29 is 13.5 Å². The van der Waals surface area contributed by atoms with Gasteiger partial charge in [0.2, 0.25) is 0 Å². The first-order chi connectivity index (χ1) is 7.43. The molecule has 16 heavy (non-hydrogen) atoms. The summed E-state index contributed by atoms with van der Waals surface area (Å²) in [7, 11) is -3.25. The molecular formula is C12H16O3S. The molecule has 0 saturated heterocycles. The fraction of sp³-hybridized carbons (Fsp3) is 0.500. The zero-order valence-corrected chi connectivity index (χ0v) is 10.2. The fourth-order valence-corrected chi connectivity index (χ4v) is 4.32. The van der Waals surface area contributed by atoms with Crippen LogP contribution in [0.25, 0.3) is 0 Å². The molecule has 0 amide bonds. The molecule has 0 radical (unpaired) electrons. The van der Waals surface area contributed by atoms with Crippen LogP contribution in [0.15, 0.2) is 29.2 Å². The summed E-state index contributed by atoms with van der Waals surface area (Å²) >= 11 is 0. The van der Waals surface area contributed by atoms with E-state index in [2.05, 4.69) is 0 Å². The zero-order valence-electron chi connectivity index (χ0n) is 9.42. The van der Waals surface area contributed by atoms with Gasteiger partial charge in [-0.1, -0.05) is 32.0 Å². The molecule has 1 aliphatic heterocycles. The summed E-state index contributed by atoms with van der Waals surface area (Å²) in [6, 6.07) is 6.96. The Labute approximate surface area is 96.0 Å². The molecule has 2 rings (SSSR count). The molecule has 4 heteroatoms. The van der Waals surface area contributed by atoms with Crippen LogP contribution in [0.4, 0.5) is 0 Å². The molecule has 88 valence electrons. The molecule has 0 aromatic heterocycles. The lowest BCUT2D eigenvalue weighted by Gasteiger charge is -2.21. The highest BCUT2D eigenvalue weighted by Gasteiger charge is 2.34. The SMILES string of the molecule is C[C@@H]1CS(=O)(=O)c2ccccc2[C@@H](C)[C@H]1O. The van der Waals surface area contributed by atoms with Crippen molar-refractivity contribution in [2.24, 2.45) is 5.92 Å². The van der Waals surface area contributed by atoms with E-state index in [9.17, 15) is 13.5 Å². The molecule has 1 aromatic carbocycles. The van der Waals surface area contributed by atoms with Gasteiger partial charge in [-0.05, 0) is 17.5 Å². The van der Waals surface area contributed by atoms with Crippen LogP contribution < -0.4 is 0 Å². The minimum Gasteiger partial charge on any atom is -0.392 e. The Hall–Kier alpha value is -0.870. The van der Waals surface area contributed by atoms with E-state index in [0.717, 1.165) is 5.56 Å². The number of fused-ring (bicyclic) bond motifs is 1. The topological polar surface area (TPSA) is 54.4 Å². The van der Waals surface area contributed by atoms with Crippen molar-refractivity contribution in [3.8, 4) is 0 Å². The lowest BCUT2D eigenvalue weighted by Crippen LogP contribution is -2.26. The first-order valence-corrected chi connectivity index (χ1v) is 7.08. The summed E-state index contributed by atoms with van der Waals surface area (Å²) < 4.78 is 24.2. The second kappa shape index (κ2) is 3.86. The average molecular weight is 240 g/mol. The highest BCUT2D eigenvalue weighted by Crippen LogP contribution is 2.34.